The molecule has 2 heterocycles. The van der Waals surface area contributed by atoms with Crippen LogP contribution < -0.4 is 20.1 Å². The van der Waals surface area contributed by atoms with Crippen molar-refractivity contribution in [2.75, 3.05) is 38.8 Å². The molecule has 2 aliphatic rings. The molecule has 4 rings (SSSR count). The van der Waals surface area contributed by atoms with Crippen LogP contribution in [-0.2, 0) is 9.53 Å². The van der Waals surface area contributed by atoms with Gasteiger partial charge in [-0.15, -0.1) is 0 Å². The summed E-state index contributed by atoms with van der Waals surface area (Å²) in [5.41, 5.74) is 7.99. The SMILES string of the molecule is COCCC(=O)N1CCC(Oc2cc3c(cc2OC)C(N)N(c2cccc(Cl)c2F)C=N3)CC1. The number of carbonyl (C=O) groups excluding carboxylic acids is 1. The van der Waals surface area contributed by atoms with E-state index in [9.17, 15) is 9.18 Å². The minimum atomic E-state index is -0.690. The smallest absolute Gasteiger partial charge is 0.224 e. The number of amides is 1. The Morgan fingerprint density at radius 3 is 2.71 bits per heavy atom. The molecule has 2 aromatic rings. The second kappa shape index (κ2) is 10.6. The summed E-state index contributed by atoms with van der Waals surface area (Å²) in [6, 6.07) is 8.29. The van der Waals surface area contributed by atoms with Gasteiger partial charge < -0.3 is 29.7 Å². The zero-order valence-corrected chi connectivity index (χ0v) is 19.9. The molecule has 0 bridgehead atoms. The third kappa shape index (κ3) is 4.96. The van der Waals surface area contributed by atoms with Crippen LogP contribution in [-0.4, -0.2) is 57.2 Å². The third-order valence-electron chi connectivity index (χ3n) is 6.07. The van der Waals surface area contributed by atoms with Crippen molar-refractivity contribution >= 4 is 35.2 Å². The fraction of sp³-hybridized carbons (Fsp3) is 0.417. The van der Waals surface area contributed by atoms with Crippen molar-refractivity contribution in [1.29, 1.82) is 0 Å². The lowest BCUT2D eigenvalue weighted by atomic mass is 10.0. The minimum absolute atomic E-state index is 0.0108. The number of anilines is 1. The Morgan fingerprint density at radius 1 is 1.24 bits per heavy atom. The fourth-order valence-corrected chi connectivity index (χ4v) is 4.33. The van der Waals surface area contributed by atoms with E-state index >= 15 is 0 Å². The molecule has 182 valence electrons. The van der Waals surface area contributed by atoms with Gasteiger partial charge in [0.15, 0.2) is 17.3 Å². The van der Waals surface area contributed by atoms with Crippen molar-refractivity contribution < 1.29 is 23.4 Å². The summed E-state index contributed by atoms with van der Waals surface area (Å²) in [7, 11) is 3.14. The van der Waals surface area contributed by atoms with Gasteiger partial charge in [0.25, 0.3) is 0 Å². The molecule has 1 amide bonds. The molecule has 0 saturated carbocycles. The topological polar surface area (TPSA) is 89.6 Å². The Kier molecular flexibility index (Phi) is 7.55. The molecule has 10 heteroatoms. The Labute approximate surface area is 203 Å². The van der Waals surface area contributed by atoms with E-state index in [1.165, 1.54) is 17.3 Å². The zero-order chi connectivity index (χ0) is 24.2. The van der Waals surface area contributed by atoms with Crippen LogP contribution in [0.3, 0.4) is 0 Å². The van der Waals surface area contributed by atoms with Crippen molar-refractivity contribution in [2.45, 2.75) is 31.5 Å². The predicted octanol–water partition coefficient (Wildman–Crippen LogP) is 4.03. The Hall–Kier alpha value is -2.88. The lowest BCUT2D eigenvalue weighted by Gasteiger charge is -2.34. The number of aliphatic imine (C=N–C) groups is 1. The fourth-order valence-electron chi connectivity index (χ4n) is 4.17. The van der Waals surface area contributed by atoms with E-state index in [2.05, 4.69) is 4.99 Å². The number of methoxy groups -OCH3 is 2. The van der Waals surface area contributed by atoms with Crippen LogP contribution >= 0.6 is 11.6 Å². The maximum atomic E-state index is 14.6. The maximum Gasteiger partial charge on any atom is 0.224 e. The summed E-state index contributed by atoms with van der Waals surface area (Å²) in [4.78, 5) is 20.1. The van der Waals surface area contributed by atoms with Gasteiger partial charge in [0.05, 0.1) is 42.9 Å². The molecule has 2 aliphatic heterocycles. The summed E-state index contributed by atoms with van der Waals surface area (Å²) in [6.45, 7) is 1.68. The first-order chi connectivity index (χ1) is 16.4. The first-order valence-corrected chi connectivity index (χ1v) is 11.5. The first kappa shape index (κ1) is 24.3. The number of piperidine rings is 1. The molecule has 2 N–H and O–H groups in total. The number of nitrogens with two attached hydrogens (primary N) is 1. The van der Waals surface area contributed by atoms with Gasteiger partial charge in [-0.05, 0) is 18.2 Å². The Balaban J connectivity index is 1.49. The summed E-state index contributed by atoms with van der Waals surface area (Å²) >= 11 is 5.94. The predicted molar refractivity (Wildman–Crippen MR) is 129 cm³/mol. The quantitative estimate of drug-likeness (QED) is 0.630. The van der Waals surface area contributed by atoms with Crippen molar-refractivity contribution in [3.8, 4) is 11.5 Å². The number of hydrogen-bond donors (Lipinski definition) is 1. The first-order valence-electron chi connectivity index (χ1n) is 11.1. The number of rotatable bonds is 7. The van der Waals surface area contributed by atoms with E-state index < -0.39 is 12.0 Å². The van der Waals surface area contributed by atoms with E-state index in [0.717, 1.165) is 0 Å². The van der Waals surface area contributed by atoms with E-state index in [-0.39, 0.29) is 22.7 Å². The number of halogens is 2. The molecule has 0 aromatic heterocycles. The second-order valence-electron chi connectivity index (χ2n) is 8.17. The highest BCUT2D eigenvalue weighted by Crippen LogP contribution is 2.42. The van der Waals surface area contributed by atoms with Crippen molar-refractivity contribution in [3.05, 3.63) is 46.7 Å². The van der Waals surface area contributed by atoms with Crippen LogP contribution in [0, 0.1) is 5.82 Å². The van der Waals surface area contributed by atoms with Crippen LogP contribution in [0.1, 0.15) is 31.0 Å². The number of carbonyl (C=O) groups is 1. The average molecular weight is 491 g/mol. The van der Waals surface area contributed by atoms with Gasteiger partial charge >= 0.3 is 0 Å². The molecule has 1 fully saturated rings. The molecule has 2 aromatic carbocycles. The molecular weight excluding hydrogens is 463 g/mol. The van der Waals surface area contributed by atoms with Gasteiger partial charge in [0.1, 0.15) is 12.3 Å². The highest BCUT2D eigenvalue weighted by Gasteiger charge is 2.29. The highest BCUT2D eigenvalue weighted by atomic mass is 35.5. The maximum absolute atomic E-state index is 14.6. The van der Waals surface area contributed by atoms with Gasteiger partial charge in [-0.25, -0.2) is 9.38 Å². The molecule has 0 radical (unpaired) electrons. The van der Waals surface area contributed by atoms with Gasteiger partial charge in [-0.2, -0.15) is 0 Å². The molecule has 34 heavy (non-hydrogen) atoms. The zero-order valence-electron chi connectivity index (χ0n) is 19.2. The second-order valence-corrected chi connectivity index (χ2v) is 8.58. The minimum Gasteiger partial charge on any atom is -0.493 e. The van der Waals surface area contributed by atoms with Crippen LogP contribution in [0.4, 0.5) is 15.8 Å². The van der Waals surface area contributed by atoms with E-state index in [1.54, 1.807) is 38.5 Å². The summed E-state index contributed by atoms with van der Waals surface area (Å²) < 4.78 is 31.4. The average Bonchev–Trinajstić information content (AvgIpc) is 2.85. The van der Waals surface area contributed by atoms with Crippen molar-refractivity contribution in [1.82, 2.24) is 4.90 Å². The van der Waals surface area contributed by atoms with Crippen LogP contribution in [0.25, 0.3) is 0 Å². The van der Waals surface area contributed by atoms with Crippen molar-refractivity contribution in [3.63, 3.8) is 0 Å². The third-order valence-corrected chi connectivity index (χ3v) is 6.36. The van der Waals surface area contributed by atoms with Gasteiger partial charge in [-0.1, -0.05) is 17.7 Å². The highest BCUT2D eigenvalue weighted by molar-refractivity contribution is 6.31. The number of ether oxygens (including phenoxy) is 3. The Morgan fingerprint density at radius 2 is 2.00 bits per heavy atom. The molecule has 0 spiro atoms. The number of benzene rings is 2. The summed E-state index contributed by atoms with van der Waals surface area (Å²) in [5, 5.41) is 0.0108. The van der Waals surface area contributed by atoms with Crippen molar-refractivity contribution in [2.24, 2.45) is 10.7 Å². The molecule has 8 nitrogen and oxygen atoms in total. The van der Waals surface area contributed by atoms with Gasteiger partial charge in [0, 0.05) is 44.7 Å². The lowest BCUT2D eigenvalue weighted by molar-refractivity contribution is -0.133. The van der Waals surface area contributed by atoms with E-state index in [0.29, 0.717) is 61.7 Å². The standard InChI is InChI=1S/C24H28ClFN4O4/c1-32-11-8-22(31)29-9-6-15(7-10-29)34-21-13-18-16(12-20(21)33-2)24(27)30(14-28-18)19-5-3-4-17(25)23(19)26/h3-5,12-15,24H,6-11,27H2,1-2H3. The van der Waals surface area contributed by atoms with Gasteiger partial charge in [-0.3, -0.25) is 4.79 Å². The molecule has 1 saturated heterocycles. The summed E-state index contributed by atoms with van der Waals surface area (Å²) in [6.07, 6.45) is 2.55. The van der Waals surface area contributed by atoms with Gasteiger partial charge in [0.2, 0.25) is 5.91 Å². The largest absolute Gasteiger partial charge is 0.493 e. The summed E-state index contributed by atoms with van der Waals surface area (Å²) in [5.74, 6) is 0.595. The van der Waals surface area contributed by atoms with E-state index in [1.807, 2.05) is 4.90 Å². The van der Waals surface area contributed by atoms with Crippen LogP contribution in [0.5, 0.6) is 11.5 Å². The Bertz CT molecular complexity index is 1080. The van der Waals surface area contributed by atoms with E-state index in [4.69, 9.17) is 31.5 Å². The molecular formula is C24H28ClFN4O4. The van der Waals surface area contributed by atoms with Crippen LogP contribution in [0.15, 0.2) is 35.3 Å². The number of hydrogen-bond acceptors (Lipinski definition) is 7. The molecule has 1 unspecified atom stereocenters. The molecule has 0 aliphatic carbocycles. The number of nitrogens with zero attached hydrogens (tertiary/aromatic N) is 3. The normalized spacial score (nSPS) is 18.1. The number of fused-ring (bicyclic) bond motifs is 1. The molecule has 1 atom stereocenters. The number of likely N-dealkylation sites (tertiary alicyclic amines) is 1. The lowest BCUT2D eigenvalue weighted by Crippen LogP contribution is -2.42. The monoisotopic (exact) mass is 490 g/mol. The van der Waals surface area contributed by atoms with Crippen LogP contribution in [0.2, 0.25) is 5.02 Å².